The molecule has 106 valence electrons. The van der Waals surface area contributed by atoms with Gasteiger partial charge < -0.3 is 14.8 Å². The van der Waals surface area contributed by atoms with Crippen LogP contribution in [-0.4, -0.2) is 11.1 Å². The molecule has 1 aromatic heterocycles. The molecule has 1 heterocycles. The molecule has 0 fully saturated rings. The van der Waals surface area contributed by atoms with Gasteiger partial charge in [0.25, 0.3) is 0 Å². The number of hydrogen-bond acceptors (Lipinski definition) is 3. The summed E-state index contributed by atoms with van der Waals surface area (Å²) in [5.74, 6) is -1.01. The van der Waals surface area contributed by atoms with Gasteiger partial charge in [-0.2, -0.15) is 0 Å². The molecule has 2 aromatic rings. The lowest BCUT2D eigenvalue weighted by Crippen LogP contribution is -2.18. The first kappa shape index (κ1) is 14.7. The van der Waals surface area contributed by atoms with Crippen LogP contribution in [0.2, 0.25) is 0 Å². The number of furan rings is 1. The zero-order valence-electron chi connectivity index (χ0n) is 10.7. The number of hydrogen-bond donors (Lipinski definition) is 2. The Hall–Kier alpha value is -1.66. The number of aromatic carboxylic acids is 1. The minimum absolute atomic E-state index is 0.109. The second kappa shape index (κ2) is 6.19. The lowest BCUT2D eigenvalue weighted by Gasteiger charge is -2.12. The molecule has 1 unspecified atom stereocenters. The molecule has 20 heavy (non-hydrogen) atoms. The van der Waals surface area contributed by atoms with Gasteiger partial charge in [-0.25, -0.2) is 9.18 Å². The Morgan fingerprint density at radius 3 is 2.85 bits per heavy atom. The molecule has 1 aromatic carbocycles. The third-order valence-electron chi connectivity index (χ3n) is 2.87. The lowest BCUT2D eigenvalue weighted by atomic mass is 10.2. The van der Waals surface area contributed by atoms with Crippen LogP contribution >= 0.6 is 15.9 Å². The predicted octanol–water partition coefficient (Wildman–Crippen LogP) is 3.73. The van der Waals surface area contributed by atoms with Crippen LogP contribution in [0.3, 0.4) is 0 Å². The second-order valence-electron chi connectivity index (χ2n) is 4.35. The first-order valence-electron chi connectivity index (χ1n) is 5.97. The molecular weight excluding hydrogens is 329 g/mol. The summed E-state index contributed by atoms with van der Waals surface area (Å²) < 4.78 is 19.6. The SMILES string of the molecule is CC(NCc1cc(Br)ccc1F)c1ccc(C(=O)O)o1. The number of benzene rings is 1. The highest BCUT2D eigenvalue weighted by Crippen LogP contribution is 2.19. The van der Waals surface area contributed by atoms with E-state index in [1.165, 1.54) is 12.1 Å². The Morgan fingerprint density at radius 2 is 2.20 bits per heavy atom. The van der Waals surface area contributed by atoms with Crippen LogP contribution in [0.15, 0.2) is 39.2 Å². The van der Waals surface area contributed by atoms with Crippen LogP contribution < -0.4 is 5.32 Å². The molecule has 0 aliphatic heterocycles. The molecule has 0 radical (unpaired) electrons. The maximum Gasteiger partial charge on any atom is 0.371 e. The molecule has 1 atom stereocenters. The Labute approximate surface area is 123 Å². The van der Waals surface area contributed by atoms with E-state index in [2.05, 4.69) is 21.2 Å². The van der Waals surface area contributed by atoms with E-state index in [4.69, 9.17) is 9.52 Å². The molecule has 0 amide bonds. The highest BCUT2D eigenvalue weighted by molar-refractivity contribution is 9.10. The van der Waals surface area contributed by atoms with Gasteiger partial charge in [-0.3, -0.25) is 0 Å². The number of carboxylic acid groups (broad SMARTS) is 1. The summed E-state index contributed by atoms with van der Waals surface area (Å²) in [6.07, 6.45) is 0. The molecular formula is C14H13BrFNO3. The van der Waals surface area contributed by atoms with Crippen molar-refractivity contribution in [2.24, 2.45) is 0 Å². The van der Waals surface area contributed by atoms with Crippen LogP contribution in [0.4, 0.5) is 4.39 Å². The van der Waals surface area contributed by atoms with E-state index in [1.54, 1.807) is 18.2 Å². The van der Waals surface area contributed by atoms with Gasteiger partial charge >= 0.3 is 5.97 Å². The minimum atomic E-state index is -1.11. The highest BCUT2D eigenvalue weighted by atomic mass is 79.9. The topological polar surface area (TPSA) is 62.5 Å². The average Bonchev–Trinajstić information content (AvgIpc) is 2.89. The van der Waals surface area contributed by atoms with E-state index in [9.17, 15) is 9.18 Å². The minimum Gasteiger partial charge on any atom is -0.475 e. The fourth-order valence-corrected chi connectivity index (χ4v) is 2.15. The molecule has 0 spiro atoms. The Morgan fingerprint density at radius 1 is 1.45 bits per heavy atom. The molecule has 2 N–H and O–H groups in total. The van der Waals surface area contributed by atoms with Crippen LogP contribution in [0.25, 0.3) is 0 Å². The van der Waals surface area contributed by atoms with Gasteiger partial charge in [0.1, 0.15) is 11.6 Å². The molecule has 0 aliphatic carbocycles. The van der Waals surface area contributed by atoms with Gasteiger partial charge in [0.2, 0.25) is 5.76 Å². The van der Waals surface area contributed by atoms with E-state index in [0.29, 0.717) is 17.9 Å². The summed E-state index contributed by atoms with van der Waals surface area (Å²) in [4.78, 5) is 10.7. The summed E-state index contributed by atoms with van der Waals surface area (Å²) in [5.41, 5.74) is 0.524. The van der Waals surface area contributed by atoms with Crippen LogP contribution in [0.1, 0.15) is 34.8 Å². The number of halogens is 2. The third-order valence-corrected chi connectivity index (χ3v) is 3.36. The average molecular weight is 342 g/mol. The second-order valence-corrected chi connectivity index (χ2v) is 5.26. The van der Waals surface area contributed by atoms with Crippen LogP contribution in [-0.2, 0) is 6.54 Å². The van der Waals surface area contributed by atoms with Crippen molar-refractivity contribution in [3.63, 3.8) is 0 Å². The fraction of sp³-hybridized carbons (Fsp3) is 0.214. The Bertz CT molecular complexity index is 627. The van der Waals surface area contributed by atoms with Crippen molar-refractivity contribution in [2.45, 2.75) is 19.5 Å². The maximum absolute atomic E-state index is 13.6. The number of rotatable bonds is 5. The first-order chi connectivity index (χ1) is 9.47. The largest absolute Gasteiger partial charge is 0.475 e. The van der Waals surface area contributed by atoms with E-state index >= 15 is 0 Å². The Kier molecular flexibility index (Phi) is 4.57. The van der Waals surface area contributed by atoms with Crippen LogP contribution in [0, 0.1) is 5.82 Å². The summed E-state index contributed by atoms with van der Waals surface area (Å²) in [5, 5.41) is 11.9. The number of carbonyl (C=O) groups is 1. The fourth-order valence-electron chi connectivity index (χ4n) is 1.74. The molecule has 0 bridgehead atoms. The van der Waals surface area contributed by atoms with Gasteiger partial charge in [0, 0.05) is 16.6 Å². The standard InChI is InChI=1S/C14H13BrFNO3/c1-8(12-4-5-13(20-12)14(18)19)17-7-9-6-10(15)2-3-11(9)16/h2-6,8,17H,7H2,1H3,(H,18,19). The van der Waals surface area contributed by atoms with E-state index in [0.717, 1.165) is 4.47 Å². The van der Waals surface area contributed by atoms with Crippen molar-refractivity contribution in [2.75, 3.05) is 0 Å². The van der Waals surface area contributed by atoms with Crippen molar-refractivity contribution in [3.8, 4) is 0 Å². The zero-order chi connectivity index (χ0) is 14.7. The van der Waals surface area contributed by atoms with Crippen molar-refractivity contribution in [1.82, 2.24) is 5.32 Å². The molecule has 4 nitrogen and oxygen atoms in total. The molecule has 6 heteroatoms. The molecule has 0 aliphatic rings. The lowest BCUT2D eigenvalue weighted by molar-refractivity contribution is 0.0659. The molecule has 0 saturated heterocycles. The number of carboxylic acids is 1. The quantitative estimate of drug-likeness (QED) is 0.869. The summed E-state index contributed by atoms with van der Waals surface area (Å²) in [6.45, 7) is 2.13. The van der Waals surface area contributed by atoms with Gasteiger partial charge in [0.05, 0.1) is 6.04 Å². The van der Waals surface area contributed by atoms with Crippen molar-refractivity contribution >= 4 is 21.9 Å². The predicted molar refractivity (Wildman–Crippen MR) is 75.0 cm³/mol. The van der Waals surface area contributed by atoms with Gasteiger partial charge in [-0.05, 0) is 37.3 Å². The number of nitrogens with one attached hydrogen (secondary N) is 1. The molecule has 2 rings (SSSR count). The smallest absolute Gasteiger partial charge is 0.371 e. The van der Waals surface area contributed by atoms with Crippen molar-refractivity contribution in [3.05, 3.63) is 57.7 Å². The summed E-state index contributed by atoms with van der Waals surface area (Å²) in [6, 6.07) is 7.49. The van der Waals surface area contributed by atoms with Crippen LogP contribution in [0.5, 0.6) is 0 Å². The van der Waals surface area contributed by atoms with Gasteiger partial charge in [0.15, 0.2) is 0 Å². The Balaban J connectivity index is 2.02. The monoisotopic (exact) mass is 341 g/mol. The van der Waals surface area contributed by atoms with E-state index in [-0.39, 0.29) is 17.6 Å². The van der Waals surface area contributed by atoms with Gasteiger partial charge in [-0.15, -0.1) is 0 Å². The first-order valence-corrected chi connectivity index (χ1v) is 6.77. The normalized spacial score (nSPS) is 12.3. The summed E-state index contributed by atoms with van der Waals surface area (Å²) in [7, 11) is 0. The third kappa shape index (κ3) is 3.46. The van der Waals surface area contributed by atoms with Crippen molar-refractivity contribution < 1.29 is 18.7 Å². The highest BCUT2D eigenvalue weighted by Gasteiger charge is 2.14. The molecule has 0 saturated carbocycles. The van der Waals surface area contributed by atoms with E-state index < -0.39 is 5.97 Å². The summed E-state index contributed by atoms with van der Waals surface area (Å²) >= 11 is 3.29. The van der Waals surface area contributed by atoms with E-state index in [1.807, 2.05) is 6.92 Å². The van der Waals surface area contributed by atoms with Gasteiger partial charge in [-0.1, -0.05) is 15.9 Å². The van der Waals surface area contributed by atoms with Crippen molar-refractivity contribution in [1.29, 1.82) is 0 Å². The zero-order valence-corrected chi connectivity index (χ0v) is 12.3. The maximum atomic E-state index is 13.6.